The summed E-state index contributed by atoms with van der Waals surface area (Å²) in [5, 5.41) is 8.81. The summed E-state index contributed by atoms with van der Waals surface area (Å²) in [6.45, 7) is 2.94. The lowest BCUT2D eigenvalue weighted by atomic mass is 9.78. The highest BCUT2D eigenvalue weighted by atomic mass is 19.1. The Morgan fingerprint density at radius 1 is 0.892 bits per heavy atom. The summed E-state index contributed by atoms with van der Waals surface area (Å²) >= 11 is 0. The second-order valence-corrected chi connectivity index (χ2v) is 10.5. The molecule has 0 aliphatic heterocycles. The van der Waals surface area contributed by atoms with Crippen LogP contribution in [0.2, 0.25) is 0 Å². The van der Waals surface area contributed by atoms with E-state index in [1.165, 1.54) is 95.6 Å². The standard InChI is InChI=1S/C32H42FNO3/c1-2-3-4-5-6-7-8-10-25-12-14-26(15-13-25)11-9-22-36-29-19-17-28(18-20-29)32(35)37-31-21-16-27(24-34)23-30(31)33/h16-21,23,25-26H,2-15,22H2,1H3/t25-,26-. The Hall–Kier alpha value is -2.87. The first-order valence-electron chi connectivity index (χ1n) is 14.2. The van der Waals surface area contributed by atoms with Crippen molar-refractivity contribution in [3.8, 4) is 17.6 Å². The van der Waals surface area contributed by atoms with Gasteiger partial charge in [-0.05, 0) is 67.1 Å². The minimum Gasteiger partial charge on any atom is -0.494 e. The highest BCUT2D eigenvalue weighted by molar-refractivity contribution is 5.91. The molecule has 0 bridgehead atoms. The average Bonchev–Trinajstić information content (AvgIpc) is 2.92. The van der Waals surface area contributed by atoms with Crippen molar-refractivity contribution in [2.24, 2.45) is 11.8 Å². The van der Waals surface area contributed by atoms with Gasteiger partial charge < -0.3 is 9.47 Å². The lowest BCUT2D eigenvalue weighted by molar-refractivity contribution is 0.0728. The third-order valence-corrected chi connectivity index (χ3v) is 7.56. The Morgan fingerprint density at radius 2 is 1.51 bits per heavy atom. The maximum Gasteiger partial charge on any atom is 0.343 e. The van der Waals surface area contributed by atoms with E-state index in [-0.39, 0.29) is 11.3 Å². The SMILES string of the molecule is CCCCCCCCC[C@H]1CC[C@H](CCCOc2ccc(C(=O)Oc3ccc(C#N)cc3F)cc2)CC1. The lowest BCUT2D eigenvalue weighted by Crippen LogP contribution is -2.15. The number of nitrogens with zero attached hydrogens (tertiary/aromatic N) is 1. The Balaban J connectivity index is 1.27. The molecule has 1 fully saturated rings. The van der Waals surface area contributed by atoms with Crippen molar-refractivity contribution < 1.29 is 18.7 Å². The topological polar surface area (TPSA) is 59.3 Å². The van der Waals surface area contributed by atoms with E-state index in [1.807, 2.05) is 6.07 Å². The molecule has 4 nitrogen and oxygen atoms in total. The van der Waals surface area contributed by atoms with Crippen molar-refractivity contribution in [1.29, 1.82) is 5.26 Å². The fourth-order valence-corrected chi connectivity index (χ4v) is 5.26. The Labute approximate surface area is 222 Å². The largest absolute Gasteiger partial charge is 0.494 e. The van der Waals surface area contributed by atoms with E-state index in [0.717, 1.165) is 24.3 Å². The molecule has 200 valence electrons. The van der Waals surface area contributed by atoms with Crippen LogP contribution in [0.1, 0.15) is 113 Å². The van der Waals surface area contributed by atoms with Crippen molar-refractivity contribution >= 4 is 5.97 Å². The monoisotopic (exact) mass is 507 g/mol. The molecule has 0 saturated heterocycles. The van der Waals surface area contributed by atoms with Crippen molar-refractivity contribution in [3.63, 3.8) is 0 Å². The van der Waals surface area contributed by atoms with Crippen LogP contribution in [-0.4, -0.2) is 12.6 Å². The summed E-state index contributed by atoms with van der Waals surface area (Å²) < 4.78 is 25.0. The fraction of sp³-hybridized carbons (Fsp3) is 0.562. The number of rotatable bonds is 15. The van der Waals surface area contributed by atoms with Crippen LogP contribution >= 0.6 is 0 Å². The Morgan fingerprint density at radius 3 is 2.14 bits per heavy atom. The molecule has 0 atom stereocenters. The summed E-state index contributed by atoms with van der Waals surface area (Å²) in [7, 11) is 0. The molecule has 1 aliphatic rings. The molecule has 2 aromatic carbocycles. The van der Waals surface area contributed by atoms with Crippen LogP contribution in [0, 0.1) is 29.0 Å². The molecular weight excluding hydrogens is 465 g/mol. The molecule has 5 heteroatoms. The minimum atomic E-state index is -0.742. The summed E-state index contributed by atoms with van der Waals surface area (Å²) in [6.07, 6.45) is 19.0. The molecule has 2 aromatic rings. The number of hydrogen-bond donors (Lipinski definition) is 0. The summed E-state index contributed by atoms with van der Waals surface area (Å²) in [5.41, 5.74) is 0.481. The van der Waals surface area contributed by atoms with Crippen LogP contribution in [-0.2, 0) is 0 Å². The third kappa shape index (κ3) is 10.2. The highest BCUT2D eigenvalue weighted by Gasteiger charge is 2.20. The number of esters is 1. The zero-order chi connectivity index (χ0) is 26.3. The van der Waals surface area contributed by atoms with Gasteiger partial charge in [-0.25, -0.2) is 9.18 Å². The average molecular weight is 508 g/mol. The predicted molar refractivity (Wildman–Crippen MR) is 145 cm³/mol. The highest BCUT2D eigenvalue weighted by Crippen LogP contribution is 2.34. The van der Waals surface area contributed by atoms with E-state index in [4.69, 9.17) is 14.7 Å². The van der Waals surface area contributed by atoms with E-state index in [1.54, 1.807) is 24.3 Å². The number of carbonyl (C=O) groups is 1. The zero-order valence-corrected chi connectivity index (χ0v) is 22.4. The number of ether oxygens (including phenoxy) is 2. The normalized spacial score (nSPS) is 17.2. The van der Waals surface area contributed by atoms with E-state index in [0.29, 0.717) is 17.9 Å². The molecule has 0 N–H and O–H groups in total. The van der Waals surface area contributed by atoms with Crippen LogP contribution < -0.4 is 9.47 Å². The molecule has 0 amide bonds. The molecule has 0 radical (unpaired) electrons. The van der Waals surface area contributed by atoms with Gasteiger partial charge >= 0.3 is 5.97 Å². The number of carbonyl (C=O) groups excluding carboxylic acids is 1. The van der Waals surface area contributed by atoms with Gasteiger partial charge in [-0.1, -0.05) is 84.0 Å². The smallest absolute Gasteiger partial charge is 0.343 e. The molecule has 3 rings (SSSR count). The van der Waals surface area contributed by atoms with E-state index in [2.05, 4.69) is 6.92 Å². The molecular formula is C32H42FNO3. The quantitative estimate of drug-likeness (QED) is 0.137. The van der Waals surface area contributed by atoms with Crippen molar-refractivity contribution in [3.05, 3.63) is 59.4 Å². The molecule has 0 aromatic heterocycles. The number of halogens is 1. The van der Waals surface area contributed by atoms with Crippen LogP contribution in [0.25, 0.3) is 0 Å². The van der Waals surface area contributed by atoms with Crippen molar-refractivity contribution in [2.75, 3.05) is 6.61 Å². The Bertz CT molecular complexity index is 990. The molecule has 1 aliphatic carbocycles. The first-order valence-corrected chi connectivity index (χ1v) is 14.2. The first kappa shape index (κ1) is 28.7. The number of unbranched alkanes of at least 4 members (excludes halogenated alkanes) is 6. The van der Waals surface area contributed by atoms with Gasteiger partial charge in [-0.2, -0.15) is 5.26 Å². The van der Waals surface area contributed by atoms with Crippen LogP contribution in [0.3, 0.4) is 0 Å². The van der Waals surface area contributed by atoms with E-state index < -0.39 is 11.8 Å². The summed E-state index contributed by atoms with van der Waals surface area (Å²) in [4.78, 5) is 12.3. The number of benzene rings is 2. The third-order valence-electron chi connectivity index (χ3n) is 7.56. The van der Waals surface area contributed by atoms with Crippen LogP contribution in [0.5, 0.6) is 11.5 Å². The number of nitriles is 1. The van der Waals surface area contributed by atoms with Gasteiger partial charge in [0.15, 0.2) is 11.6 Å². The lowest BCUT2D eigenvalue weighted by Gasteiger charge is -2.28. The molecule has 0 spiro atoms. The van der Waals surface area contributed by atoms with Gasteiger partial charge in [0.05, 0.1) is 23.8 Å². The van der Waals surface area contributed by atoms with E-state index >= 15 is 0 Å². The Kier molecular flexibility index (Phi) is 12.5. The van der Waals surface area contributed by atoms with Gasteiger partial charge in [0.1, 0.15) is 5.75 Å². The molecule has 37 heavy (non-hydrogen) atoms. The van der Waals surface area contributed by atoms with E-state index in [9.17, 15) is 9.18 Å². The fourth-order valence-electron chi connectivity index (χ4n) is 5.26. The molecule has 0 unspecified atom stereocenters. The molecule has 0 heterocycles. The second kappa shape index (κ2) is 16.1. The van der Waals surface area contributed by atoms with Crippen LogP contribution in [0.4, 0.5) is 4.39 Å². The van der Waals surface area contributed by atoms with Gasteiger partial charge in [0.25, 0.3) is 0 Å². The van der Waals surface area contributed by atoms with Crippen molar-refractivity contribution in [1.82, 2.24) is 0 Å². The van der Waals surface area contributed by atoms with Gasteiger partial charge in [-0.3, -0.25) is 0 Å². The number of hydrogen-bond acceptors (Lipinski definition) is 4. The zero-order valence-electron chi connectivity index (χ0n) is 22.4. The van der Waals surface area contributed by atoms with Crippen molar-refractivity contribution in [2.45, 2.75) is 96.8 Å². The van der Waals surface area contributed by atoms with Gasteiger partial charge in [0.2, 0.25) is 0 Å². The minimum absolute atomic E-state index is 0.172. The van der Waals surface area contributed by atoms with Gasteiger partial charge in [0, 0.05) is 0 Å². The first-order chi connectivity index (χ1) is 18.1. The predicted octanol–water partition coefficient (Wildman–Crippen LogP) is 9.02. The maximum absolute atomic E-state index is 14.0. The van der Waals surface area contributed by atoms with Gasteiger partial charge in [-0.15, -0.1) is 0 Å². The maximum atomic E-state index is 14.0. The summed E-state index contributed by atoms with van der Waals surface area (Å²) in [5.74, 6) is 0.887. The van der Waals surface area contributed by atoms with Crippen LogP contribution in [0.15, 0.2) is 42.5 Å². The molecule has 1 saturated carbocycles. The summed E-state index contributed by atoms with van der Waals surface area (Å²) in [6, 6.07) is 12.3. The second-order valence-electron chi connectivity index (χ2n) is 10.5.